The molecular weight excluding hydrogens is 384 g/mol. The minimum Gasteiger partial charge on any atom is -0.312 e. The maximum atomic E-state index is 12.6. The van der Waals surface area contributed by atoms with Gasteiger partial charge >= 0.3 is 0 Å². The molecule has 1 aliphatic heterocycles. The summed E-state index contributed by atoms with van der Waals surface area (Å²) in [5.74, 6) is -0.619. The molecule has 6 nitrogen and oxygen atoms in total. The number of anilines is 1. The number of rotatable bonds is 3. The van der Waals surface area contributed by atoms with Gasteiger partial charge in [-0.05, 0) is 36.4 Å². The normalized spacial score (nSPS) is 17.2. The number of carbonyl (C=O) groups excluding carboxylic acids is 2. The minimum atomic E-state index is -0.391. The third-order valence-electron chi connectivity index (χ3n) is 4.32. The molecule has 2 aromatic carbocycles. The summed E-state index contributed by atoms with van der Waals surface area (Å²) in [6.07, 6.45) is 1.78. The number of carbonyl (C=O) groups is 2. The molecule has 0 radical (unpaired) electrons. The van der Waals surface area contributed by atoms with E-state index < -0.39 is 5.92 Å². The first-order valence-corrected chi connectivity index (χ1v) is 8.70. The molecule has 0 unspecified atom stereocenters. The molecule has 1 fully saturated rings. The second kappa shape index (κ2) is 6.33. The Labute approximate surface area is 152 Å². The monoisotopic (exact) mass is 398 g/mol. The van der Waals surface area contributed by atoms with Crippen LogP contribution in [0.1, 0.15) is 6.42 Å². The number of fused-ring (bicyclic) bond motifs is 1. The molecule has 0 bridgehead atoms. The van der Waals surface area contributed by atoms with E-state index in [1.54, 1.807) is 15.9 Å². The van der Waals surface area contributed by atoms with E-state index in [-0.39, 0.29) is 18.2 Å². The van der Waals surface area contributed by atoms with E-state index in [9.17, 15) is 9.59 Å². The number of hydrogen-bond acceptors (Lipinski definition) is 3. The Kier molecular flexibility index (Phi) is 4.01. The molecule has 4 rings (SSSR count). The second-order valence-corrected chi connectivity index (χ2v) is 6.88. The predicted octanol–water partition coefficient (Wildman–Crippen LogP) is 2.92. The van der Waals surface area contributed by atoms with Crippen molar-refractivity contribution in [2.45, 2.75) is 6.42 Å². The second-order valence-electron chi connectivity index (χ2n) is 5.96. The van der Waals surface area contributed by atoms with Gasteiger partial charge in [-0.1, -0.05) is 28.1 Å². The molecule has 0 saturated carbocycles. The average molecular weight is 399 g/mol. The first kappa shape index (κ1) is 15.8. The van der Waals surface area contributed by atoms with Crippen molar-refractivity contribution in [3.63, 3.8) is 0 Å². The lowest BCUT2D eigenvalue weighted by Crippen LogP contribution is -2.31. The van der Waals surface area contributed by atoms with Gasteiger partial charge in [0.1, 0.15) is 6.33 Å². The molecule has 25 heavy (non-hydrogen) atoms. The van der Waals surface area contributed by atoms with E-state index in [1.807, 2.05) is 48.5 Å². The molecule has 1 N–H and O–H groups in total. The van der Waals surface area contributed by atoms with E-state index >= 15 is 0 Å². The van der Waals surface area contributed by atoms with Gasteiger partial charge in [0.15, 0.2) is 0 Å². The van der Waals surface area contributed by atoms with Crippen LogP contribution in [-0.4, -0.2) is 28.0 Å². The number of hydrogen-bond donors (Lipinski definition) is 1. The summed E-state index contributed by atoms with van der Waals surface area (Å²) >= 11 is 3.38. The number of benzene rings is 2. The molecule has 0 aliphatic carbocycles. The highest BCUT2D eigenvalue weighted by molar-refractivity contribution is 9.10. The fraction of sp³-hybridized carbons (Fsp3) is 0.167. The summed E-state index contributed by atoms with van der Waals surface area (Å²) in [6, 6.07) is 15.1. The molecular formula is C18H15BrN4O2. The van der Waals surface area contributed by atoms with Crippen LogP contribution in [0.15, 0.2) is 59.3 Å². The van der Waals surface area contributed by atoms with Crippen molar-refractivity contribution >= 4 is 44.5 Å². The molecule has 1 saturated heterocycles. The number of aromatic nitrogens is 2. The summed E-state index contributed by atoms with van der Waals surface area (Å²) in [7, 11) is 0. The number of halogens is 1. The van der Waals surface area contributed by atoms with Crippen LogP contribution in [-0.2, 0) is 9.59 Å². The summed E-state index contributed by atoms with van der Waals surface area (Å²) in [5.41, 5.74) is 5.27. The topological polar surface area (TPSA) is 67.2 Å². The van der Waals surface area contributed by atoms with Gasteiger partial charge in [-0.3, -0.25) is 15.0 Å². The van der Waals surface area contributed by atoms with Crippen LogP contribution in [0.4, 0.5) is 5.69 Å². The standard InChI is InChI=1S/C18H15BrN4O2/c19-13-5-7-14(8-6-13)22-10-12(9-17(22)24)18(25)21-23-11-20-15-3-1-2-4-16(15)23/h1-8,11-12H,9-10H2,(H,21,25)/t12-/m1/s1. The van der Waals surface area contributed by atoms with Crippen LogP contribution in [0.3, 0.4) is 0 Å². The number of nitrogens with one attached hydrogen (secondary N) is 1. The molecule has 3 aromatic rings. The Balaban J connectivity index is 1.50. The van der Waals surface area contributed by atoms with Gasteiger partial charge in [0, 0.05) is 23.1 Å². The number of nitrogens with zero attached hydrogens (tertiary/aromatic N) is 3. The lowest BCUT2D eigenvalue weighted by molar-refractivity contribution is -0.123. The predicted molar refractivity (Wildman–Crippen MR) is 98.7 cm³/mol. The van der Waals surface area contributed by atoms with Gasteiger partial charge in [-0.2, -0.15) is 0 Å². The van der Waals surface area contributed by atoms with Crippen LogP contribution in [0.2, 0.25) is 0 Å². The maximum Gasteiger partial charge on any atom is 0.244 e. The Bertz CT molecular complexity index is 951. The summed E-state index contributed by atoms with van der Waals surface area (Å²) < 4.78 is 2.55. The van der Waals surface area contributed by atoms with Crippen molar-refractivity contribution in [3.8, 4) is 0 Å². The number of imidazole rings is 1. The number of para-hydroxylation sites is 2. The van der Waals surface area contributed by atoms with Crippen molar-refractivity contribution in [2.75, 3.05) is 16.9 Å². The molecule has 1 aliphatic rings. The number of amides is 2. The van der Waals surface area contributed by atoms with Crippen LogP contribution < -0.4 is 10.3 Å². The Hall–Kier alpha value is -2.67. The van der Waals surface area contributed by atoms with E-state index in [4.69, 9.17) is 0 Å². The molecule has 2 heterocycles. The summed E-state index contributed by atoms with van der Waals surface area (Å²) in [5, 5.41) is 0. The van der Waals surface area contributed by atoms with Crippen LogP contribution in [0.5, 0.6) is 0 Å². The summed E-state index contributed by atoms with van der Waals surface area (Å²) in [6.45, 7) is 0.374. The lowest BCUT2D eigenvalue weighted by atomic mass is 10.1. The van der Waals surface area contributed by atoms with Crippen LogP contribution in [0.25, 0.3) is 11.0 Å². The molecule has 1 aromatic heterocycles. The third-order valence-corrected chi connectivity index (χ3v) is 4.85. The quantitative estimate of drug-likeness (QED) is 0.737. The summed E-state index contributed by atoms with van der Waals surface area (Å²) in [4.78, 5) is 30.8. The fourth-order valence-electron chi connectivity index (χ4n) is 3.01. The van der Waals surface area contributed by atoms with Crippen molar-refractivity contribution in [1.29, 1.82) is 0 Å². The first-order valence-electron chi connectivity index (χ1n) is 7.91. The molecule has 0 spiro atoms. The molecule has 2 amide bonds. The van der Waals surface area contributed by atoms with Crippen molar-refractivity contribution in [3.05, 3.63) is 59.3 Å². The lowest BCUT2D eigenvalue weighted by Gasteiger charge is -2.17. The van der Waals surface area contributed by atoms with Crippen molar-refractivity contribution in [2.24, 2.45) is 5.92 Å². The highest BCUT2D eigenvalue weighted by Crippen LogP contribution is 2.26. The SMILES string of the molecule is O=C(Nn1cnc2ccccc21)[C@@H]1CC(=O)N(c2ccc(Br)cc2)C1. The van der Waals surface area contributed by atoms with Gasteiger partial charge in [0.25, 0.3) is 0 Å². The van der Waals surface area contributed by atoms with E-state index in [2.05, 4.69) is 26.3 Å². The van der Waals surface area contributed by atoms with Gasteiger partial charge in [-0.25, -0.2) is 9.66 Å². The largest absolute Gasteiger partial charge is 0.312 e. The fourth-order valence-corrected chi connectivity index (χ4v) is 3.28. The van der Waals surface area contributed by atoms with Gasteiger partial charge in [-0.15, -0.1) is 0 Å². The Morgan fingerprint density at radius 3 is 2.72 bits per heavy atom. The van der Waals surface area contributed by atoms with Crippen molar-refractivity contribution in [1.82, 2.24) is 9.66 Å². The Morgan fingerprint density at radius 1 is 1.16 bits per heavy atom. The first-order chi connectivity index (χ1) is 12.1. The zero-order valence-corrected chi connectivity index (χ0v) is 14.8. The smallest absolute Gasteiger partial charge is 0.244 e. The van der Waals surface area contributed by atoms with Gasteiger partial charge in [0.2, 0.25) is 11.8 Å². The Morgan fingerprint density at radius 2 is 1.92 bits per heavy atom. The van der Waals surface area contributed by atoms with E-state index in [0.717, 1.165) is 21.2 Å². The molecule has 126 valence electrons. The highest BCUT2D eigenvalue weighted by atomic mass is 79.9. The highest BCUT2D eigenvalue weighted by Gasteiger charge is 2.35. The van der Waals surface area contributed by atoms with Gasteiger partial charge in [0.05, 0.1) is 17.0 Å². The van der Waals surface area contributed by atoms with Gasteiger partial charge < -0.3 is 4.90 Å². The zero-order chi connectivity index (χ0) is 17.4. The van der Waals surface area contributed by atoms with E-state index in [0.29, 0.717) is 6.54 Å². The van der Waals surface area contributed by atoms with Crippen LogP contribution >= 0.6 is 15.9 Å². The van der Waals surface area contributed by atoms with Crippen molar-refractivity contribution < 1.29 is 9.59 Å². The molecule has 7 heteroatoms. The maximum absolute atomic E-state index is 12.6. The zero-order valence-electron chi connectivity index (χ0n) is 13.2. The minimum absolute atomic E-state index is 0.0436. The average Bonchev–Trinajstić information content (AvgIpc) is 3.20. The third kappa shape index (κ3) is 3.02. The van der Waals surface area contributed by atoms with Crippen LogP contribution in [0, 0.1) is 5.92 Å². The molecule has 1 atom stereocenters. The van der Waals surface area contributed by atoms with E-state index in [1.165, 1.54) is 0 Å².